The van der Waals surface area contributed by atoms with E-state index in [4.69, 9.17) is 0 Å². The van der Waals surface area contributed by atoms with Gasteiger partial charge < -0.3 is 5.32 Å². The molecule has 0 aliphatic rings. The van der Waals surface area contributed by atoms with Crippen molar-refractivity contribution in [2.45, 2.75) is 50.4 Å². The van der Waals surface area contributed by atoms with E-state index in [2.05, 4.69) is 34.3 Å². The molecule has 0 radical (unpaired) electrons. The molecular formula is C11H22N4S. The lowest BCUT2D eigenvalue weighted by molar-refractivity contribution is 0.615. The molecule has 5 heteroatoms. The summed E-state index contributed by atoms with van der Waals surface area (Å²) in [5.41, 5.74) is 0. The molecule has 1 rings (SSSR count). The van der Waals surface area contributed by atoms with E-state index in [1.807, 2.05) is 6.92 Å². The van der Waals surface area contributed by atoms with E-state index in [1.54, 1.807) is 11.8 Å². The van der Waals surface area contributed by atoms with Gasteiger partial charge in [0.15, 0.2) is 0 Å². The summed E-state index contributed by atoms with van der Waals surface area (Å²) in [6.07, 6.45) is 3.87. The average molecular weight is 242 g/mol. The minimum atomic E-state index is 0.511. The Bertz CT molecular complexity index is 287. The predicted octanol–water partition coefficient (Wildman–Crippen LogP) is 2.37. The number of aromatic amines is 1. The number of aryl methyl sites for hydroxylation is 1. The maximum absolute atomic E-state index is 4.28. The Morgan fingerprint density at radius 3 is 2.88 bits per heavy atom. The molecule has 1 unspecified atom stereocenters. The van der Waals surface area contributed by atoms with Crippen LogP contribution < -0.4 is 5.32 Å². The number of rotatable bonds is 8. The van der Waals surface area contributed by atoms with E-state index < -0.39 is 0 Å². The molecule has 16 heavy (non-hydrogen) atoms. The molecular weight excluding hydrogens is 220 g/mol. The first-order valence-corrected chi connectivity index (χ1v) is 6.86. The quantitative estimate of drug-likeness (QED) is 0.543. The minimum Gasteiger partial charge on any atom is -0.316 e. The SMILES string of the molecule is CCCCCNCC(C)Sc1n[nH]c(C)n1. The predicted molar refractivity (Wildman–Crippen MR) is 68.8 cm³/mol. The highest BCUT2D eigenvalue weighted by Gasteiger charge is 2.07. The van der Waals surface area contributed by atoms with Crippen LogP contribution in [0.3, 0.4) is 0 Å². The summed E-state index contributed by atoms with van der Waals surface area (Å²) >= 11 is 1.71. The van der Waals surface area contributed by atoms with E-state index in [0.29, 0.717) is 5.25 Å². The summed E-state index contributed by atoms with van der Waals surface area (Å²) in [5, 5.41) is 11.8. The zero-order chi connectivity index (χ0) is 11.8. The lowest BCUT2D eigenvalue weighted by atomic mass is 10.2. The molecule has 0 aliphatic carbocycles. The van der Waals surface area contributed by atoms with Crippen LogP contribution in [0.2, 0.25) is 0 Å². The van der Waals surface area contributed by atoms with Crippen molar-refractivity contribution in [2.75, 3.05) is 13.1 Å². The van der Waals surface area contributed by atoms with Gasteiger partial charge in [-0.2, -0.15) is 0 Å². The third-order valence-electron chi connectivity index (χ3n) is 2.27. The number of nitrogens with zero attached hydrogens (tertiary/aromatic N) is 2. The third kappa shape index (κ3) is 5.51. The fourth-order valence-corrected chi connectivity index (χ4v) is 2.25. The van der Waals surface area contributed by atoms with Crippen molar-refractivity contribution in [1.29, 1.82) is 0 Å². The third-order valence-corrected chi connectivity index (χ3v) is 3.23. The molecule has 1 aromatic rings. The van der Waals surface area contributed by atoms with Crippen LogP contribution in [-0.4, -0.2) is 33.5 Å². The molecule has 0 saturated heterocycles. The summed E-state index contributed by atoms with van der Waals surface area (Å²) in [6, 6.07) is 0. The van der Waals surface area contributed by atoms with Gasteiger partial charge >= 0.3 is 0 Å². The highest BCUT2D eigenvalue weighted by Crippen LogP contribution is 2.17. The molecule has 0 amide bonds. The molecule has 0 bridgehead atoms. The topological polar surface area (TPSA) is 53.6 Å². The average Bonchev–Trinajstić information content (AvgIpc) is 2.63. The first-order valence-electron chi connectivity index (χ1n) is 5.98. The number of aromatic nitrogens is 3. The van der Waals surface area contributed by atoms with Gasteiger partial charge in [-0.25, -0.2) is 4.98 Å². The van der Waals surface area contributed by atoms with Crippen LogP contribution in [0, 0.1) is 6.92 Å². The van der Waals surface area contributed by atoms with Crippen LogP contribution in [0.5, 0.6) is 0 Å². The second-order valence-electron chi connectivity index (χ2n) is 4.04. The Hall–Kier alpha value is -0.550. The zero-order valence-corrected chi connectivity index (χ0v) is 11.2. The molecule has 92 valence electrons. The molecule has 0 fully saturated rings. The monoisotopic (exact) mass is 242 g/mol. The van der Waals surface area contributed by atoms with Crippen LogP contribution >= 0.6 is 11.8 Å². The summed E-state index contributed by atoms with van der Waals surface area (Å²) in [6.45, 7) is 8.48. The Morgan fingerprint density at radius 1 is 1.44 bits per heavy atom. The van der Waals surface area contributed by atoms with Crippen LogP contribution in [0.1, 0.15) is 38.9 Å². The van der Waals surface area contributed by atoms with Gasteiger partial charge in [0.25, 0.3) is 0 Å². The van der Waals surface area contributed by atoms with Crippen LogP contribution in [0.15, 0.2) is 5.16 Å². The summed E-state index contributed by atoms with van der Waals surface area (Å²) in [5.74, 6) is 0.880. The molecule has 2 N–H and O–H groups in total. The smallest absolute Gasteiger partial charge is 0.208 e. The van der Waals surface area contributed by atoms with Gasteiger partial charge in [0.2, 0.25) is 5.16 Å². The molecule has 1 heterocycles. The van der Waals surface area contributed by atoms with Gasteiger partial charge in [0, 0.05) is 11.8 Å². The first-order chi connectivity index (χ1) is 7.72. The molecule has 4 nitrogen and oxygen atoms in total. The zero-order valence-electron chi connectivity index (χ0n) is 10.4. The maximum Gasteiger partial charge on any atom is 0.208 e. The van der Waals surface area contributed by atoms with Gasteiger partial charge in [-0.15, -0.1) is 5.10 Å². The van der Waals surface area contributed by atoms with Crippen molar-refractivity contribution >= 4 is 11.8 Å². The summed E-state index contributed by atoms with van der Waals surface area (Å²) in [4.78, 5) is 4.28. The van der Waals surface area contributed by atoms with E-state index in [1.165, 1.54) is 19.3 Å². The van der Waals surface area contributed by atoms with Gasteiger partial charge in [0.05, 0.1) is 0 Å². The van der Waals surface area contributed by atoms with E-state index in [-0.39, 0.29) is 0 Å². The molecule has 1 aromatic heterocycles. The number of H-pyrrole nitrogens is 1. The van der Waals surface area contributed by atoms with Gasteiger partial charge in [-0.3, -0.25) is 5.10 Å². The van der Waals surface area contributed by atoms with Crippen molar-refractivity contribution in [3.05, 3.63) is 5.82 Å². The van der Waals surface area contributed by atoms with Gasteiger partial charge in [-0.05, 0) is 19.9 Å². The van der Waals surface area contributed by atoms with Crippen molar-refractivity contribution in [3.8, 4) is 0 Å². The fourth-order valence-electron chi connectivity index (χ4n) is 1.40. The van der Waals surface area contributed by atoms with Gasteiger partial charge in [0.1, 0.15) is 5.82 Å². The summed E-state index contributed by atoms with van der Waals surface area (Å²) in [7, 11) is 0. The number of nitrogens with one attached hydrogen (secondary N) is 2. The number of hydrogen-bond donors (Lipinski definition) is 2. The van der Waals surface area contributed by atoms with Crippen molar-refractivity contribution in [2.24, 2.45) is 0 Å². The maximum atomic E-state index is 4.28. The van der Waals surface area contributed by atoms with Crippen molar-refractivity contribution in [1.82, 2.24) is 20.5 Å². The summed E-state index contributed by atoms with van der Waals surface area (Å²) < 4.78 is 0. The van der Waals surface area contributed by atoms with E-state index in [0.717, 1.165) is 24.1 Å². The van der Waals surface area contributed by atoms with Crippen LogP contribution in [-0.2, 0) is 0 Å². The number of hydrogen-bond acceptors (Lipinski definition) is 4. The van der Waals surface area contributed by atoms with Crippen molar-refractivity contribution < 1.29 is 0 Å². The number of unbranched alkanes of at least 4 members (excludes halogenated alkanes) is 2. The second-order valence-corrected chi connectivity index (χ2v) is 5.45. The highest BCUT2D eigenvalue weighted by molar-refractivity contribution is 7.99. The van der Waals surface area contributed by atoms with E-state index >= 15 is 0 Å². The molecule has 0 aromatic carbocycles. The van der Waals surface area contributed by atoms with Crippen molar-refractivity contribution in [3.63, 3.8) is 0 Å². The van der Waals surface area contributed by atoms with E-state index in [9.17, 15) is 0 Å². The van der Waals surface area contributed by atoms with Crippen LogP contribution in [0.25, 0.3) is 0 Å². The molecule has 1 atom stereocenters. The second kappa shape index (κ2) is 7.68. The Balaban J connectivity index is 2.09. The standard InChI is InChI=1S/C11H22N4S/c1-4-5-6-7-12-8-9(2)16-11-13-10(3)14-15-11/h9,12H,4-8H2,1-3H3,(H,13,14,15). The lowest BCUT2D eigenvalue weighted by Crippen LogP contribution is -2.23. The van der Waals surface area contributed by atoms with Gasteiger partial charge in [-0.1, -0.05) is 38.5 Å². The first kappa shape index (κ1) is 13.5. The highest BCUT2D eigenvalue weighted by atomic mass is 32.2. The Morgan fingerprint density at radius 2 is 2.25 bits per heavy atom. The molecule has 0 aliphatic heterocycles. The lowest BCUT2D eigenvalue weighted by Gasteiger charge is -2.09. The molecule has 0 saturated carbocycles. The molecule has 0 spiro atoms. The van der Waals surface area contributed by atoms with Crippen LogP contribution in [0.4, 0.5) is 0 Å². The normalized spacial score (nSPS) is 12.9. The largest absolute Gasteiger partial charge is 0.316 e. The number of thioether (sulfide) groups is 1. The Kier molecular flexibility index (Phi) is 6.49. The Labute approximate surface area is 102 Å². The fraction of sp³-hybridized carbons (Fsp3) is 0.818. The minimum absolute atomic E-state index is 0.511.